The number of aromatic nitrogens is 2. The zero-order valence-corrected chi connectivity index (χ0v) is 16.6. The first-order chi connectivity index (χ1) is 13.3. The highest BCUT2D eigenvalue weighted by molar-refractivity contribution is 7.89. The standard InChI is InChI=1S/C20H23N5O2S/c1-14-3-8-18(15(2)13-14)24-20-23-12-10-19(25-20)22-11-9-16-4-6-17(7-5-16)28(21,26)27/h3-8,10,12-13H,9,11H2,1-2H3,(H2,21,26,27)(H2,22,23,24,25). The average Bonchev–Trinajstić information content (AvgIpc) is 2.64. The van der Waals surface area contributed by atoms with Crippen LogP contribution in [0.1, 0.15) is 16.7 Å². The molecule has 0 aliphatic carbocycles. The predicted octanol–water partition coefficient (Wildman–Crippen LogP) is 3.14. The van der Waals surface area contributed by atoms with Crippen molar-refractivity contribution in [3.63, 3.8) is 0 Å². The third kappa shape index (κ3) is 5.28. The van der Waals surface area contributed by atoms with Gasteiger partial charge in [0.15, 0.2) is 0 Å². The molecule has 1 aromatic heterocycles. The summed E-state index contributed by atoms with van der Waals surface area (Å²) < 4.78 is 22.6. The lowest BCUT2D eigenvalue weighted by molar-refractivity contribution is 0.598. The molecule has 0 bridgehead atoms. The summed E-state index contributed by atoms with van der Waals surface area (Å²) in [7, 11) is -3.66. The van der Waals surface area contributed by atoms with Crippen LogP contribution >= 0.6 is 0 Å². The van der Waals surface area contributed by atoms with E-state index in [2.05, 4.69) is 33.6 Å². The van der Waals surface area contributed by atoms with Gasteiger partial charge in [-0.3, -0.25) is 0 Å². The van der Waals surface area contributed by atoms with Gasteiger partial charge in [0.1, 0.15) is 5.82 Å². The van der Waals surface area contributed by atoms with E-state index in [-0.39, 0.29) is 4.90 Å². The van der Waals surface area contributed by atoms with Gasteiger partial charge in [-0.25, -0.2) is 18.5 Å². The topological polar surface area (TPSA) is 110 Å². The lowest BCUT2D eigenvalue weighted by Gasteiger charge is -2.11. The van der Waals surface area contributed by atoms with E-state index in [1.807, 2.05) is 19.1 Å². The predicted molar refractivity (Wildman–Crippen MR) is 111 cm³/mol. The zero-order chi connectivity index (χ0) is 20.1. The van der Waals surface area contributed by atoms with Crippen molar-refractivity contribution >= 4 is 27.5 Å². The van der Waals surface area contributed by atoms with Crippen molar-refractivity contribution in [2.24, 2.45) is 5.14 Å². The quantitative estimate of drug-likeness (QED) is 0.565. The number of rotatable bonds is 7. The van der Waals surface area contributed by atoms with Crippen LogP contribution in [0.5, 0.6) is 0 Å². The highest BCUT2D eigenvalue weighted by Gasteiger charge is 2.07. The van der Waals surface area contributed by atoms with E-state index in [0.717, 1.165) is 16.8 Å². The average molecular weight is 398 g/mol. The lowest BCUT2D eigenvalue weighted by Crippen LogP contribution is -2.12. The normalized spacial score (nSPS) is 11.2. The Kier molecular flexibility index (Phi) is 5.91. The number of nitrogens with two attached hydrogens (primary N) is 1. The fraction of sp³-hybridized carbons (Fsp3) is 0.200. The Bertz CT molecular complexity index is 1070. The van der Waals surface area contributed by atoms with E-state index in [4.69, 9.17) is 5.14 Å². The molecule has 0 spiro atoms. The molecule has 28 heavy (non-hydrogen) atoms. The molecule has 146 valence electrons. The molecule has 3 rings (SSSR count). The molecule has 0 amide bonds. The highest BCUT2D eigenvalue weighted by Crippen LogP contribution is 2.20. The van der Waals surface area contributed by atoms with Crippen LogP contribution in [0.2, 0.25) is 0 Å². The monoisotopic (exact) mass is 397 g/mol. The maximum absolute atomic E-state index is 11.3. The number of sulfonamides is 1. The summed E-state index contributed by atoms with van der Waals surface area (Å²) in [6.45, 7) is 4.74. The molecule has 0 fully saturated rings. The number of nitrogens with zero attached hydrogens (tertiary/aromatic N) is 2. The molecule has 3 aromatic rings. The summed E-state index contributed by atoms with van der Waals surface area (Å²) >= 11 is 0. The van der Waals surface area contributed by atoms with Crippen LogP contribution in [0.25, 0.3) is 0 Å². The Balaban J connectivity index is 1.59. The van der Waals surface area contributed by atoms with E-state index in [1.165, 1.54) is 17.7 Å². The van der Waals surface area contributed by atoms with Gasteiger partial charge in [0.25, 0.3) is 0 Å². The number of primary sulfonamides is 1. The van der Waals surface area contributed by atoms with E-state index >= 15 is 0 Å². The van der Waals surface area contributed by atoms with Crippen LogP contribution < -0.4 is 15.8 Å². The van der Waals surface area contributed by atoms with Crippen molar-refractivity contribution in [1.82, 2.24) is 9.97 Å². The smallest absolute Gasteiger partial charge is 0.238 e. The summed E-state index contributed by atoms with van der Waals surface area (Å²) in [5.41, 5.74) is 4.31. The molecule has 0 aliphatic heterocycles. The minimum Gasteiger partial charge on any atom is -0.370 e. The third-order valence-electron chi connectivity index (χ3n) is 4.26. The molecule has 7 nitrogen and oxygen atoms in total. The number of nitrogens with one attached hydrogen (secondary N) is 2. The van der Waals surface area contributed by atoms with Gasteiger partial charge in [0, 0.05) is 18.4 Å². The Labute approximate surface area is 165 Å². The molecular weight excluding hydrogens is 374 g/mol. The Morgan fingerprint density at radius 3 is 2.46 bits per heavy atom. The van der Waals surface area contributed by atoms with Crippen molar-refractivity contribution in [2.75, 3.05) is 17.2 Å². The van der Waals surface area contributed by atoms with Crippen LogP contribution in [-0.4, -0.2) is 24.9 Å². The second kappa shape index (κ2) is 8.37. The van der Waals surface area contributed by atoms with E-state index < -0.39 is 10.0 Å². The molecule has 1 heterocycles. The van der Waals surface area contributed by atoms with Crippen LogP contribution in [0.15, 0.2) is 59.6 Å². The van der Waals surface area contributed by atoms with Gasteiger partial charge >= 0.3 is 0 Å². The first-order valence-electron chi connectivity index (χ1n) is 8.84. The molecule has 8 heteroatoms. The lowest BCUT2D eigenvalue weighted by atomic mass is 10.1. The van der Waals surface area contributed by atoms with E-state index in [0.29, 0.717) is 24.7 Å². The number of hydrogen-bond acceptors (Lipinski definition) is 6. The second-order valence-electron chi connectivity index (χ2n) is 6.57. The molecule has 0 radical (unpaired) electrons. The van der Waals surface area contributed by atoms with Crippen molar-refractivity contribution in [3.05, 3.63) is 71.4 Å². The zero-order valence-electron chi connectivity index (χ0n) is 15.8. The fourth-order valence-corrected chi connectivity index (χ4v) is 3.29. The Morgan fingerprint density at radius 2 is 1.79 bits per heavy atom. The number of aryl methyl sites for hydroxylation is 2. The summed E-state index contributed by atoms with van der Waals surface area (Å²) in [6, 6.07) is 14.5. The maximum atomic E-state index is 11.3. The van der Waals surface area contributed by atoms with Gasteiger partial charge in [-0.05, 0) is 55.7 Å². The number of benzene rings is 2. The number of anilines is 3. The molecule has 0 unspecified atom stereocenters. The highest BCUT2D eigenvalue weighted by atomic mass is 32.2. The van der Waals surface area contributed by atoms with Gasteiger partial charge in [-0.2, -0.15) is 4.98 Å². The Hall–Kier alpha value is -2.97. The minimum atomic E-state index is -3.66. The van der Waals surface area contributed by atoms with Crippen LogP contribution in [0.3, 0.4) is 0 Å². The largest absolute Gasteiger partial charge is 0.370 e. The van der Waals surface area contributed by atoms with Crippen molar-refractivity contribution in [1.29, 1.82) is 0 Å². The number of hydrogen-bond donors (Lipinski definition) is 3. The molecule has 0 aliphatic rings. The van der Waals surface area contributed by atoms with Crippen molar-refractivity contribution in [3.8, 4) is 0 Å². The summed E-state index contributed by atoms with van der Waals surface area (Å²) in [6.07, 6.45) is 2.41. The Morgan fingerprint density at radius 1 is 1.04 bits per heavy atom. The van der Waals surface area contributed by atoms with E-state index in [1.54, 1.807) is 24.4 Å². The van der Waals surface area contributed by atoms with E-state index in [9.17, 15) is 8.42 Å². The third-order valence-corrected chi connectivity index (χ3v) is 5.18. The molecular formula is C20H23N5O2S. The minimum absolute atomic E-state index is 0.113. The van der Waals surface area contributed by atoms with Gasteiger partial charge in [0.2, 0.25) is 16.0 Å². The van der Waals surface area contributed by atoms with Crippen LogP contribution in [0, 0.1) is 13.8 Å². The first-order valence-corrected chi connectivity index (χ1v) is 10.4. The first kappa shape index (κ1) is 19.8. The van der Waals surface area contributed by atoms with Gasteiger partial charge < -0.3 is 10.6 Å². The molecule has 0 saturated heterocycles. The van der Waals surface area contributed by atoms with Gasteiger partial charge in [-0.15, -0.1) is 0 Å². The van der Waals surface area contributed by atoms with Gasteiger partial charge in [-0.1, -0.05) is 29.8 Å². The summed E-state index contributed by atoms with van der Waals surface area (Å²) in [4.78, 5) is 8.86. The fourth-order valence-electron chi connectivity index (χ4n) is 2.77. The van der Waals surface area contributed by atoms with Crippen LogP contribution in [0.4, 0.5) is 17.5 Å². The SMILES string of the molecule is Cc1ccc(Nc2nccc(NCCc3ccc(S(N)(=O)=O)cc3)n2)c(C)c1. The molecule has 0 atom stereocenters. The molecule has 4 N–H and O–H groups in total. The van der Waals surface area contributed by atoms with Gasteiger partial charge in [0.05, 0.1) is 4.90 Å². The molecule has 0 saturated carbocycles. The maximum Gasteiger partial charge on any atom is 0.238 e. The summed E-state index contributed by atoms with van der Waals surface area (Å²) in [5, 5.41) is 11.6. The van der Waals surface area contributed by atoms with Crippen LogP contribution in [-0.2, 0) is 16.4 Å². The summed E-state index contributed by atoms with van der Waals surface area (Å²) in [5.74, 6) is 1.23. The second-order valence-corrected chi connectivity index (χ2v) is 8.14. The molecule has 2 aromatic carbocycles. The van der Waals surface area contributed by atoms with Crippen molar-refractivity contribution in [2.45, 2.75) is 25.2 Å². The van der Waals surface area contributed by atoms with Crippen molar-refractivity contribution < 1.29 is 8.42 Å².